The molecule has 1 aliphatic heterocycles. The van der Waals surface area contributed by atoms with Crippen LogP contribution in [0.15, 0.2) is 47.3 Å². The first-order chi connectivity index (χ1) is 16.5. The molecular weight excluding hydrogens is 466 g/mol. The summed E-state index contributed by atoms with van der Waals surface area (Å²) in [6.45, 7) is 7.13. The van der Waals surface area contributed by atoms with E-state index in [1.165, 1.54) is 0 Å². The Labute approximate surface area is 210 Å². The molecule has 2 aromatic carbocycles. The van der Waals surface area contributed by atoms with Crippen molar-refractivity contribution in [2.75, 3.05) is 37.0 Å². The molecule has 186 valence electrons. The van der Waals surface area contributed by atoms with Crippen LogP contribution in [0.4, 0.5) is 16.3 Å². The van der Waals surface area contributed by atoms with Crippen molar-refractivity contribution in [2.24, 2.45) is 0 Å². The highest BCUT2D eigenvalue weighted by molar-refractivity contribution is 6.31. The highest BCUT2D eigenvalue weighted by Gasteiger charge is 2.24. The van der Waals surface area contributed by atoms with E-state index in [1.807, 2.05) is 70.1 Å². The Morgan fingerprint density at radius 2 is 1.80 bits per heavy atom. The second-order valence-corrected chi connectivity index (χ2v) is 10.5. The lowest BCUT2D eigenvalue weighted by atomic mass is 10.0. The Balaban J connectivity index is 1.58. The van der Waals surface area contributed by atoms with Crippen molar-refractivity contribution >= 4 is 40.1 Å². The molecule has 0 radical (unpaired) electrons. The second-order valence-electron chi connectivity index (χ2n) is 10.0. The smallest absolute Gasteiger partial charge is 0.407 e. The van der Waals surface area contributed by atoms with Crippen molar-refractivity contribution in [3.63, 3.8) is 0 Å². The zero-order chi connectivity index (χ0) is 25.3. The van der Waals surface area contributed by atoms with Gasteiger partial charge in [0.05, 0.1) is 11.2 Å². The third-order valence-corrected chi connectivity index (χ3v) is 6.16. The summed E-state index contributed by atoms with van der Waals surface area (Å²) >= 11 is 6.30. The lowest BCUT2D eigenvalue weighted by Gasteiger charge is -2.34. The van der Waals surface area contributed by atoms with E-state index >= 15 is 0 Å². The van der Waals surface area contributed by atoms with Crippen molar-refractivity contribution < 1.29 is 9.53 Å². The maximum Gasteiger partial charge on any atom is 0.407 e. The van der Waals surface area contributed by atoms with Crippen molar-refractivity contribution in [1.29, 1.82) is 0 Å². The van der Waals surface area contributed by atoms with Crippen LogP contribution in [0, 0.1) is 0 Å². The van der Waals surface area contributed by atoms with Gasteiger partial charge in [0.2, 0.25) is 0 Å². The molecule has 0 unspecified atom stereocenters. The minimum absolute atomic E-state index is 0.0702. The number of anilines is 2. The number of nitrogens with one attached hydrogen (secondary N) is 1. The Morgan fingerprint density at radius 1 is 1.11 bits per heavy atom. The lowest BCUT2D eigenvalue weighted by Crippen LogP contribution is -2.46. The number of rotatable bonds is 4. The maximum absolute atomic E-state index is 13.1. The number of piperidine rings is 1. The van der Waals surface area contributed by atoms with Crippen LogP contribution in [-0.2, 0) is 4.74 Å². The minimum Gasteiger partial charge on any atom is -0.444 e. The Hall–Kier alpha value is -3.26. The van der Waals surface area contributed by atoms with Gasteiger partial charge in [-0.1, -0.05) is 17.7 Å². The van der Waals surface area contributed by atoms with Crippen LogP contribution in [0.3, 0.4) is 0 Å². The number of benzene rings is 2. The predicted octanol–water partition coefficient (Wildman–Crippen LogP) is 4.60. The molecule has 0 aliphatic carbocycles. The van der Waals surface area contributed by atoms with Crippen LogP contribution >= 0.6 is 11.6 Å². The molecule has 1 fully saturated rings. The highest BCUT2D eigenvalue weighted by atomic mass is 35.5. The summed E-state index contributed by atoms with van der Waals surface area (Å²) < 4.78 is 6.99. The first-order valence-corrected chi connectivity index (χ1v) is 12.1. The van der Waals surface area contributed by atoms with E-state index in [9.17, 15) is 9.59 Å². The van der Waals surface area contributed by atoms with Crippen molar-refractivity contribution in [3.8, 4) is 5.69 Å². The number of fused-ring (bicyclic) bond motifs is 1. The molecular formula is C26H32ClN5O3. The van der Waals surface area contributed by atoms with E-state index in [0.29, 0.717) is 16.4 Å². The zero-order valence-electron chi connectivity index (χ0n) is 20.8. The Kier molecular flexibility index (Phi) is 6.94. The van der Waals surface area contributed by atoms with Crippen LogP contribution < -0.4 is 20.8 Å². The molecule has 1 aliphatic rings. The molecule has 0 saturated carbocycles. The SMILES string of the molecule is CN(C)c1nc(=O)n(-c2cccc(N3CCC(NC(=O)OC(C)(C)C)CC3)c2)c2cc(Cl)ccc12. The number of carbonyl (C=O) groups is 1. The standard InChI is InChI=1S/C26H32ClN5O3/c1-26(2,3)35-25(34)28-18-11-13-31(14-12-18)19-7-6-8-20(16-19)32-22-15-17(27)9-10-21(22)23(30(4)5)29-24(32)33/h6-10,15-16,18H,11-14H2,1-5H3,(H,28,34). The largest absolute Gasteiger partial charge is 0.444 e. The Bertz CT molecular complexity index is 1290. The van der Waals surface area contributed by atoms with E-state index < -0.39 is 5.60 Å². The van der Waals surface area contributed by atoms with Gasteiger partial charge in [-0.3, -0.25) is 4.57 Å². The second kappa shape index (κ2) is 9.77. The van der Waals surface area contributed by atoms with Gasteiger partial charge in [0, 0.05) is 49.3 Å². The Morgan fingerprint density at radius 3 is 2.46 bits per heavy atom. The lowest BCUT2D eigenvalue weighted by molar-refractivity contribution is 0.0497. The van der Waals surface area contributed by atoms with E-state index in [4.69, 9.17) is 16.3 Å². The number of halogens is 1. The molecule has 35 heavy (non-hydrogen) atoms. The summed E-state index contributed by atoms with van der Waals surface area (Å²) in [5.74, 6) is 0.605. The van der Waals surface area contributed by atoms with E-state index in [-0.39, 0.29) is 17.8 Å². The maximum atomic E-state index is 13.1. The van der Waals surface area contributed by atoms with Gasteiger partial charge < -0.3 is 19.9 Å². The van der Waals surface area contributed by atoms with E-state index in [1.54, 1.807) is 16.7 Å². The zero-order valence-corrected chi connectivity index (χ0v) is 21.6. The topological polar surface area (TPSA) is 79.7 Å². The molecule has 0 spiro atoms. The molecule has 1 N–H and O–H groups in total. The summed E-state index contributed by atoms with van der Waals surface area (Å²) in [6.07, 6.45) is 1.23. The van der Waals surface area contributed by atoms with Gasteiger partial charge in [-0.05, 0) is 70.0 Å². The van der Waals surface area contributed by atoms with Crippen molar-refractivity contribution in [1.82, 2.24) is 14.9 Å². The van der Waals surface area contributed by atoms with Gasteiger partial charge in [-0.15, -0.1) is 0 Å². The first-order valence-electron chi connectivity index (χ1n) is 11.8. The van der Waals surface area contributed by atoms with Gasteiger partial charge in [0.1, 0.15) is 11.4 Å². The van der Waals surface area contributed by atoms with E-state index in [0.717, 1.165) is 42.7 Å². The van der Waals surface area contributed by atoms with Crippen LogP contribution in [0.1, 0.15) is 33.6 Å². The number of amides is 1. The predicted molar refractivity (Wildman–Crippen MR) is 141 cm³/mol. The number of alkyl carbamates (subject to hydrolysis) is 1. The molecule has 8 nitrogen and oxygen atoms in total. The number of ether oxygens (including phenoxy) is 1. The van der Waals surface area contributed by atoms with Gasteiger partial charge in [0.15, 0.2) is 0 Å². The number of carbonyl (C=O) groups excluding carboxylic acids is 1. The molecule has 1 aromatic heterocycles. The van der Waals surface area contributed by atoms with Gasteiger partial charge in [-0.2, -0.15) is 4.98 Å². The average Bonchev–Trinajstić information content (AvgIpc) is 2.77. The molecule has 2 heterocycles. The van der Waals surface area contributed by atoms with Crippen LogP contribution in [0.5, 0.6) is 0 Å². The first kappa shape index (κ1) is 24.9. The van der Waals surface area contributed by atoms with E-state index in [2.05, 4.69) is 15.2 Å². The number of hydrogen-bond acceptors (Lipinski definition) is 6. The van der Waals surface area contributed by atoms with Crippen LogP contribution in [0.25, 0.3) is 16.6 Å². The number of nitrogens with zero attached hydrogens (tertiary/aromatic N) is 4. The summed E-state index contributed by atoms with van der Waals surface area (Å²) in [5, 5.41) is 4.37. The van der Waals surface area contributed by atoms with Gasteiger partial charge >= 0.3 is 11.8 Å². The fourth-order valence-corrected chi connectivity index (χ4v) is 4.52. The highest BCUT2D eigenvalue weighted by Crippen LogP contribution is 2.28. The molecule has 4 rings (SSSR count). The molecule has 3 aromatic rings. The molecule has 1 saturated heterocycles. The normalized spacial score (nSPS) is 14.7. The van der Waals surface area contributed by atoms with Crippen molar-refractivity contribution in [3.05, 3.63) is 58.0 Å². The monoisotopic (exact) mass is 497 g/mol. The van der Waals surface area contributed by atoms with Crippen molar-refractivity contribution in [2.45, 2.75) is 45.3 Å². The summed E-state index contributed by atoms with van der Waals surface area (Å²) in [7, 11) is 3.73. The molecule has 9 heteroatoms. The number of hydrogen-bond donors (Lipinski definition) is 1. The summed E-state index contributed by atoms with van der Waals surface area (Å²) in [4.78, 5) is 33.7. The van der Waals surface area contributed by atoms with Gasteiger partial charge in [0.25, 0.3) is 0 Å². The summed E-state index contributed by atoms with van der Waals surface area (Å²) in [5.41, 5.74) is 1.57. The fourth-order valence-electron chi connectivity index (χ4n) is 4.36. The average molecular weight is 498 g/mol. The van der Waals surface area contributed by atoms with Gasteiger partial charge in [-0.25, -0.2) is 9.59 Å². The third-order valence-electron chi connectivity index (χ3n) is 5.93. The summed E-state index contributed by atoms with van der Waals surface area (Å²) in [6, 6.07) is 13.4. The number of aromatic nitrogens is 2. The van der Waals surface area contributed by atoms with Crippen LogP contribution in [0.2, 0.25) is 5.02 Å². The molecule has 1 amide bonds. The third kappa shape index (κ3) is 5.70. The fraction of sp³-hybridized carbons (Fsp3) is 0.423. The molecule has 0 atom stereocenters. The quantitative estimate of drug-likeness (QED) is 0.567. The minimum atomic E-state index is -0.517. The van der Waals surface area contributed by atoms with Crippen LogP contribution in [-0.4, -0.2) is 54.5 Å². The molecule has 0 bridgehead atoms.